The highest BCUT2D eigenvalue weighted by Crippen LogP contribution is 2.26. The van der Waals surface area contributed by atoms with Crippen LogP contribution in [0.4, 0.5) is 0 Å². The second-order valence-corrected chi connectivity index (χ2v) is 8.89. The van der Waals surface area contributed by atoms with E-state index in [0.29, 0.717) is 31.5 Å². The van der Waals surface area contributed by atoms with E-state index in [4.69, 9.17) is 4.74 Å². The number of carbonyl (C=O) groups is 2. The normalized spacial score (nSPS) is 19.2. The zero-order valence-corrected chi connectivity index (χ0v) is 16.4. The van der Waals surface area contributed by atoms with E-state index >= 15 is 0 Å². The van der Waals surface area contributed by atoms with Gasteiger partial charge in [0.25, 0.3) is 0 Å². The van der Waals surface area contributed by atoms with E-state index in [9.17, 15) is 18.0 Å². The lowest BCUT2D eigenvalue weighted by atomic mass is 9.97. The number of likely N-dealkylation sites (tertiary alicyclic amines) is 1. The van der Waals surface area contributed by atoms with Crippen LogP contribution in [0.1, 0.15) is 43.0 Å². The smallest absolute Gasteiger partial charge is 0.338 e. The van der Waals surface area contributed by atoms with Crippen LogP contribution in [0, 0.1) is 5.92 Å². The largest absolute Gasteiger partial charge is 0.462 e. The molecule has 2 aliphatic heterocycles. The predicted molar refractivity (Wildman–Crippen MR) is 99.7 cm³/mol. The first-order chi connectivity index (χ1) is 12.9. The molecule has 1 aromatic carbocycles. The Labute approximate surface area is 160 Å². The molecular weight excluding hydrogens is 368 g/mol. The van der Waals surface area contributed by atoms with Gasteiger partial charge in [0.15, 0.2) is 0 Å². The summed E-state index contributed by atoms with van der Waals surface area (Å²) in [6.45, 7) is 4.31. The van der Waals surface area contributed by atoms with Crippen LogP contribution in [0.3, 0.4) is 0 Å². The highest BCUT2D eigenvalue weighted by Gasteiger charge is 2.34. The third-order valence-electron chi connectivity index (χ3n) is 5.22. The molecule has 0 radical (unpaired) electrons. The van der Waals surface area contributed by atoms with Crippen LogP contribution in [0.25, 0.3) is 0 Å². The lowest BCUT2D eigenvalue weighted by molar-refractivity contribution is -0.135. The Hall–Kier alpha value is -1.93. The number of nitrogens with zero attached hydrogens (tertiary/aromatic N) is 2. The zero-order valence-electron chi connectivity index (χ0n) is 15.6. The Balaban J connectivity index is 1.62. The number of rotatable bonds is 5. The van der Waals surface area contributed by atoms with Crippen LogP contribution in [-0.4, -0.2) is 62.3 Å². The maximum atomic E-state index is 12.8. The lowest BCUT2D eigenvalue weighted by Gasteiger charge is -2.32. The number of hydrogen-bond acceptors (Lipinski definition) is 5. The van der Waals surface area contributed by atoms with Gasteiger partial charge in [-0.2, -0.15) is 4.31 Å². The molecular formula is C19H26N2O5S. The summed E-state index contributed by atoms with van der Waals surface area (Å²) in [4.78, 5) is 26.3. The third kappa shape index (κ3) is 4.32. The van der Waals surface area contributed by atoms with Gasteiger partial charge in [-0.25, -0.2) is 13.2 Å². The molecule has 0 bridgehead atoms. The maximum Gasteiger partial charge on any atom is 0.338 e. The number of hydrogen-bond donors (Lipinski definition) is 0. The summed E-state index contributed by atoms with van der Waals surface area (Å²) in [5.74, 6) is -0.383. The van der Waals surface area contributed by atoms with Crippen molar-refractivity contribution >= 4 is 21.9 Å². The third-order valence-corrected chi connectivity index (χ3v) is 7.14. The predicted octanol–water partition coefficient (Wildman–Crippen LogP) is 1.89. The molecule has 27 heavy (non-hydrogen) atoms. The van der Waals surface area contributed by atoms with Crippen molar-refractivity contribution in [3.05, 3.63) is 29.8 Å². The number of carbonyl (C=O) groups excluding carboxylic acids is 2. The van der Waals surface area contributed by atoms with Crippen molar-refractivity contribution in [3.63, 3.8) is 0 Å². The summed E-state index contributed by atoms with van der Waals surface area (Å²) in [5.41, 5.74) is 0.325. The Kier molecular flexibility index (Phi) is 6.16. The van der Waals surface area contributed by atoms with Gasteiger partial charge in [0, 0.05) is 32.1 Å². The van der Waals surface area contributed by atoms with E-state index in [2.05, 4.69) is 0 Å². The van der Waals surface area contributed by atoms with E-state index < -0.39 is 16.0 Å². The van der Waals surface area contributed by atoms with Crippen LogP contribution in [0.5, 0.6) is 0 Å². The van der Waals surface area contributed by atoms with Gasteiger partial charge < -0.3 is 9.64 Å². The number of ether oxygens (including phenoxy) is 1. The summed E-state index contributed by atoms with van der Waals surface area (Å²) in [6, 6.07) is 5.80. The van der Waals surface area contributed by atoms with Crippen molar-refractivity contribution in [2.75, 3.05) is 32.8 Å². The molecule has 0 N–H and O–H groups in total. The number of sulfonamides is 1. The summed E-state index contributed by atoms with van der Waals surface area (Å²) in [6.07, 6.45) is 3.21. The topological polar surface area (TPSA) is 84.0 Å². The number of piperidine rings is 1. The minimum atomic E-state index is -3.63. The maximum absolute atomic E-state index is 12.8. The number of amides is 1. The highest BCUT2D eigenvalue weighted by atomic mass is 32.2. The van der Waals surface area contributed by atoms with Crippen LogP contribution in [0.15, 0.2) is 29.2 Å². The van der Waals surface area contributed by atoms with Crippen LogP contribution < -0.4 is 0 Å². The molecule has 0 aromatic heterocycles. The molecule has 1 amide bonds. The van der Waals surface area contributed by atoms with E-state index in [1.165, 1.54) is 28.6 Å². The molecule has 0 atom stereocenters. The monoisotopic (exact) mass is 394 g/mol. The summed E-state index contributed by atoms with van der Waals surface area (Å²) >= 11 is 0. The van der Waals surface area contributed by atoms with Crippen molar-refractivity contribution in [2.24, 2.45) is 5.92 Å². The van der Waals surface area contributed by atoms with E-state index in [1.54, 1.807) is 6.92 Å². The molecule has 8 heteroatoms. The summed E-state index contributed by atoms with van der Waals surface area (Å²) in [7, 11) is -3.63. The van der Waals surface area contributed by atoms with Gasteiger partial charge in [-0.3, -0.25) is 4.79 Å². The molecule has 2 saturated heterocycles. The fraction of sp³-hybridized carbons (Fsp3) is 0.579. The molecule has 0 spiro atoms. The van der Waals surface area contributed by atoms with Crippen LogP contribution >= 0.6 is 0 Å². The fourth-order valence-electron chi connectivity index (χ4n) is 3.67. The highest BCUT2D eigenvalue weighted by molar-refractivity contribution is 7.89. The van der Waals surface area contributed by atoms with Gasteiger partial charge in [0.2, 0.25) is 15.9 Å². The van der Waals surface area contributed by atoms with Crippen LogP contribution in [0.2, 0.25) is 0 Å². The van der Waals surface area contributed by atoms with Crippen molar-refractivity contribution < 1.29 is 22.7 Å². The number of esters is 1. The zero-order chi connectivity index (χ0) is 19.4. The Bertz CT molecular complexity index is 777. The first-order valence-electron chi connectivity index (χ1n) is 9.49. The molecule has 7 nitrogen and oxygen atoms in total. The Morgan fingerprint density at radius 3 is 2.19 bits per heavy atom. The second-order valence-electron chi connectivity index (χ2n) is 6.96. The van der Waals surface area contributed by atoms with Gasteiger partial charge in [-0.15, -0.1) is 0 Å². The van der Waals surface area contributed by atoms with Gasteiger partial charge in [0.05, 0.1) is 17.1 Å². The standard InChI is InChI=1S/C19H26N2O5S/c1-2-26-19(23)16-5-7-17(8-6-16)27(24,25)21-13-9-15(10-14-21)18(22)20-11-3-4-12-20/h5-8,15H,2-4,9-14H2,1H3. The molecule has 1 aromatic rings. The second kappa shape index (κ2) is 8.39. The first-order valence-corrected chi connectivity index (χ1v) is 10.9. The SMILES string of the molecule is CCOC(=O)c1ccc(S(=O)(=O)N2CCC(C(=O)N3CCCC3)CC2)cc1. The summed E-state index contributed by atoms with van der Waals surface area (Å²) in [5, 5.41) is 0. The molecule has 148 valence electrons. The van der Waals surface area contributed by atoms with Gasteiger partial charge >= 0.3 is 5.97 Å². The molecule has 2 aliphatic rings. The van der Waals surface area contributed by atoms with Gasteiger partial charge in [-0.1, -0.05) is 0 Å². The number of benzene rings is 1. The van der Waals surface area contributed by atoms with Crippen molar-refractivity contribution in [1.82, 2.24) is 9.21 Å². The first kappa shape index (κ1) is 19.8. The van der Waals surface area contributed by atoms with Crippen molar-refractivity contribution in [2.45, 2.75) is 37.5 Å². The van der Waals surface area contributed by atoms with Gasteiger partial charge in [0.1, 0.15) is 0 Å². The van der Waals surface area contributed by atoms with E-state index in [-0.39, 0.29) is 23.3 Å². The molecule has 0 aliphatic carbocycles. The molecule has 3 rings (SSSR count). The Morgan fingerprint density at radius 1 is 1.04 bits per heavy atom. The molecule has 2 fully saturated rings. The summed E-state index contributed by atoms with van der Waals surface area (Å²) < 4.78 is 32.0. The van der Waals surface area contributed by atoms with Gasteiger partial charge in [-0.05, 0) is 56.9 Å². The average Bonchev–Trinajstić information content (AvgIpc) is 3.22. The van der Waals surface area contributed by atoms with Crippen LogP contribution in [-0.2, 0) is 19.6 Å². The fourth-order valence-corrected chi connectivity index (χ4v) is 5.14. The molecule has 2 heterocycles. The van der Waals surface area contributed by atoms with Crippen molar-refractivity contribution in [1.29, 1.82) is 0 Å². The quantitative estimate of drug-likeness (QED) is 0.712. The lowest BCUT2D eigenvalue weighted by Crippen LogP contribution is -2.43. The minimum Gasteiger partial charge on any atom is -0.462 e. The van der Waals surface area contributed by atoms with E-state index in [0.717, 1.165) is 25.9 Å². The molecule has 0 unspecified atom stereocenters. The Morgan fingerprint density at radius 2 is 1.63 bits per heavy atom. The van der Waals surface area contributed by atoms with E-state index in [1.807, 2.05) is 4.90 Å². The molecule has 0 saturated carbocycles. The minimum absolute atomic E-state index is 0.0826. The van der Waals surface area contributed by atoms with Crippen molar-refractivity contribution in [3.8, 4) is 0 Å². The average molecular weight is 394 g/mol.